The number of hydrogen-bond donors (Lipinski definition) is 0. The molecule has 0 aliphatic heterocycles. The monoisotopic (exact) mass is 276 g/mol. The second-order valence-electron chi connectivity index (χ2n) is 3.75. The van der Waals surface area contributed by atoms with E-state index in [9.17, 15) is 9.59 Å². The van der Waals surface area contributed by atoms with Gasteiger partial charge in [-0.3, -0.25) is 9.59 Å². The van der Waals surface area contributed by atoms with E-state index in [1.807, 2.05) is 30.3 Å². The van der Waals surface area contributed by atoms with Gasteiger partial charge in [0.2, 0.25) is 11.8 Å². The maximum atomic E-state index is 11.6. The lowest BCUT2D eigenvalue weighted by Gasteiger charge is -2.03. The average molecular weight is 276 g/mol. The molecule has 0 radical (unpaired) electrons. The number of benzene rings is 1. The van der Waals surface area contributed by atoms with E-state index in [-0.39, 0.29) is 11.8 Å². The number of thiazole rings is 1. The van der Waals surface area contributed by atoms with Crippen LogP contribution in [0.25, 0.3) is 0 Å². The first-order valence-electron chi connectivity index (χ1n) is 5.57. The fourth-order valence-corrected chi connectivity index (χ4v) is 2.34. The van der Waals surface area contributed by atoms with E-state index in [4.69, 9.17) is 4.74 Å². The molecular formula is C13H12N2O3S. The lowest BCUT2D eigenvalue weighted by molar-refractivity contribution is -0.132. The molecule has 19 heavy (non-hydrogen) atoms. The molecule has 1 heterocycles. The summed E-state index contributed by atoms with van der Waals surface area (Å²) in [5.74, 6) is -0.536. The van der Waals surface area contributed by atoms with E-state index in [1.165, 1.54) is 29.8 Å². The number of nitrogens with zero attached hydrogens (tertiary/aromatic N) is 2. The van der Waals surface area contributed by atoms with E-state index in [0.29, 0.717) is 4.80 Å². The largest absolute Gasteiger partial charge is 0.408 e. The number of ether oxygens (including phenoxy) is 1. The quantitative estimate of drug-likeness (QED) is 0.791. The van der Waals surface area contributed by atoms with Crippen molar-refractivity contribution >= 4 is 28.9 Å². The molecule has 0 unspecified atom stereocenters. The van der Waals surface area contributed by atoms with E-state index in [1.54, 1.807) is 5.38 Å². The van der Waals surface area contributed by atoms with Crippen LogP contribution in [0, 0.1) is 0 Å². The molecule has 98 valence electrons. The van der Waals surface area contributed by atoms with Crippen molar-refractivity contribution in [3.8, 4) is 5.88 Å². The van der Waals surface area contributed by atoms with Crippen LogP contribution in [-0.4, -0.2) is 16.4 Å². The van der Waals surface area contributed by atoms with Crippen LogP contribution in [0.5, 0.6) is 5.88 Å². The summed E-state index contributed by atoms with van der Waals surface area (Å²) >= 11 is 1.24. The van der Waals surface area contributed by atoms with Crippen LogP contribution in [0.1, 0.15) is 18.6 Å². The smallest absolute Gasteiger partial charge is 0.309 e. The molecule has 0 aliphatic carbocycles. The summed E-state index contributed by atoms with van der Waals surface area (Å²) in [5, 5.41) is 1.59. The Morgan fingerprint density at radius 1 is 1.21 bits per heavy atom. The molecule has 0 N–H and O–H groups in total. The number of carbonyl (C=O) groups is 2. The van der Waals surface area contributed by atoms with Crippen molar-refractivity contribution in [3.63, 3.8) is 0 Å². The Morgan fingerprint density at radius 3 is 2.47 bits per heavy atom. The topological polar surface area (TPSA) is 60.7 Å². The molecule has 0 amide bonds. The first-order valence-corrected chi connectivity index (χ1v) is 6.45. The maximum Gasteiger partial charge on any atom is 0.309 e. The summed E-state index contributed by atoms with van der Waals surface area (Å²) < 4.78 is 6.26. The van der Waals surface area contributed by atoms with Gasteiger partial charge in [-0.25, -0.2) is 9.56 Å². The first-order chi connectivity index (χ1) is 9.08. The molecule has 6 heteroatoms. The predicted octanol–water partition coefficient (Wildman–Crippen LogP) is 2.37. The number of para-hydroxylation sites is 1. The van der Waals surface area contributed by atoms with E-state index in [0.717, 1.165) is 5.69 Å². The minimum Gasteiger partial charge on any atom is -0.408 e. The van der Waals surface area contributed by atoms with Gasteiger partial charge in [0.15, 0.2) is 4.80 Å². The molecule has 0 saturated heterocycles. The minimum absolute atomic E-state index is 0.194. The highest BCUT2D eigenvalue weighted by atomic mass is 32.1. The second kappa shape index (κ2) is 5.62. The average Bonchev–Trinajstić information content (AvgIpc) is 2.72. The van der Waals surface area contributed by atoms with Crippen molar-refractivity contribution in [1.29, 1.82) is 0 Å². The van der Waals surface area contributed by atoms with Crippen molar-refractivity contribution in [2.24, 2.45) is 4.99 Å². The van der Waals surface area contributed by atoms with Gasteiger partial charge in [0.05, 0.1) is 11.1 Å². The number of aromatic nitrogens is 1. The summed E-state index contributed by atoms with van der Waals surface area (Å²) in [7, 11) is 0. The SMILES string of the molecule is CC(=O)Oc1csc(=Nc2ccccc2)n1C(C)=O. The minimum atomic E-state index is -0.473. The van der Waals surface area contributed by atoms with Crippen LogP contribution in [-0.2, 0) is 4.79 Å². The third-order valence-corrected chi connectivity index (χ3v) is 3.03. The van der Waals surface area contributed by atoms with Gasteiger partial charge in [0.25, 0.3) is 0 Å². The number of carbonyl (C=O) groups excluding carboxylic acids is 2. The van der Waals surface area contributed by atoms with Crippen molar-refractivity contribution in [2.75, 3.05) is 0 Å². The third-order valence-electron chi connectivity index (χ3n) is 2.22. The standard InChI is InChI=1S/C13H12N2O3S/c1-9(16)15-12(18-10(2)17)8-19-13(15)14-11-6-4-3-5-7-11/h3-8H,1-2H3. The number of rotatable bonds is 2. The Hall–Kier alpha value is -2.21. The van der Waals surface area contributed by atoms with Crippen molar-refractivity contribution in [2.45, 2.75) is 13.8 Å². The van der Waals surface area contributed by atoms with Crippen LogP contribution >= 0.6 is 11.3 Å². The molecule has 0 spiro atoms. The maximum absolute atomic E-state index is 11.6. The lowest BCUT2D eigenvalue weighted by atomic mass is 10.3. The molecule has 1 aromatic carbocycles. The van der Waals surface area contributed by atoms with Crippen molar-refractivity contribution in [1.82, 2.24) is 4.57 Å². The van der Waals surface area contributed by atoms with Crippen LogP contribution in [0.2, 0.25) is 0 Å². The summed E-state index contributed by atoms with van der Waals surface area (Å²) in [6.07, 6.45) is 0. The van der Waals surface area contributed by atoms with Gasteiger partial charge in [-0.1, -0.05) is 18.2 Å². The van der Waals surface area contributed by atoms with E-state index in [2.05, 4.69) is 4.99 Å². The molecule has 0 saturated carbocycles. The van der Waals surface area contributed by atoms with Gasteiger partial charge in [0.1, 0.15) is 0 Å². The van der Waals surface area contributed by atoms with Gasteiger partial charge >= 0.3 is 5.97 Å². The van der Waals surface area contributed by atoms with E-state index >= 15 is 0 Å². The molecule has 0 bridgehead atoms. The first kappa shape index (κ1) is 13.2. The van der Waals surface area contributed by atoms with Gasteiger partial charge in [-0.2, -0.15) is 0 Å². The van der Waals surface area contributed by atoms with Gasteiger partial charge < -0.3 is 4.74 Å². The Morgan fingerprint density at radius 2 is 1.89 bits per heavy atom. The van der Waals surface area contributed by atoms with E-state index < -0.39 is 5.97 Å². The predicted molar refractivity (Wildman–Crippen MR) is 71.6 cm³/mol. The zero-order valence-corrected chi connectivity index (χ0v) is 11.3. The molecule has 5 nitrogen and oxygen atoms in total. The zero-order valence-electron chi connectivity index (χ0n) is 10.5. The Balaban J connectivity index is 2.52. The molecule has 0 aliphatic rings. The van der Waals surface area contributed by atoms with Crippen LogP contribution in [0.15, 0.2) is 40.7 Å². The summed E-state index contributed by atoms with van der Waals surface area (Å²) in [6, 6.07) is 9.26. The lowest BCUT2D eigenvalue weighted by Crippen LogP contribution is -2.22. The molecule has 0 fully saturated rings. The number of hydrogen-bond acceptors (Lipinski definition) is 5. The Kier molecular flexibility index (Phi) is 3.91. The van der Waals surface area contributed by atoms with Gasteiger partial charge in [0, 0.05) is 13.8 Å². The van der Waals surface area contributed by atoms with Crippen molar-refractivity contribution < 1.29 is 14.3 Å². The van der Waals surface area contributed by atoms with Crippen molar-refractivity contribution in [3.05, 3.63) is 40.5 Å². The normalized spacial score (nSPS) is 11.4. The molecule has 1 aromatic heterocycles. The Bertz CT molecular complexity index is 671. The highest BCUT2D eigenvalue weighted by molar-refractivity contribution is 7.07. The highest BCUT2D eigenvalue weighted by Gasteiger charge is 2.12. The molecule has 2 aromatic rings. The fourth-order valence-electron chi connectivity index (χ4n) is 1.50. The number of esters is 1. The van der Waals surface area contributed by atoms with Crippen LogP contribution in [0.3, 0.4) is 0 Å². The van der Waals surface area contributed by atoms with Crippen LogP contribution in [0.4, 0.5) is 5.69 Å². The molecule has 2 rings (SSSR count). The zero-order chi connectivity index (χ0) is 13.8. The molecule has 0 atom stereocenters. The molecular weight excluding hydrogens is 264 g/mol. The Labute approximate surface area is 113 Å². The van der Waals surface area contributed by atoms with Crippen LogP contribution < -0.4 is 9.54 Å². The van der Waals surface area contributed by atoms with Gasteiger partial charge in [-0.05, 0) is 12.1 Å². The third kappa shape index (κ3) is 3.17. The summed E-state index contributed by atoms with van der Waals surface area (Å²) in [6.45, 7) is 2.68. The second-order valence-corrected chi connectivity index (χ2v) is 4.59. The summed E-state index contributed by atoms with van der Waals surface area (Å²) in [4.78, 5) is 27.4. The van der Waals surface area contributed by atoms with Gasteiger partial charge in [-0.15, -0.1) is 11.3 Å². The fraction of sp³-hybridized carbons (Fsp3) is 0.154. The summed E-state index contributed by atoms with van der Waals surface area (Å²) in [5.41, 5.74) is 0.730. The highest BCUT2D eigenvalue weighted by Crippen LogP contribution is 2.14.